The molecule has 0 spiro atoms. The third-order valence-electron chi connectivity index (χ3n) is 7.93. The molecule has 1 aromatic carbocycles. The van der Waals surface area contributed by atoms with Crippen molar-refractivity contribution in [3.63, 3.8) is 0 Å². The first-order chi connectivity index (χ1) is 17.5. The summed E-state index contributed by atoms with van der Waals surface area (Å²) in [7, 11) is 2.84. The molecule has 3 atom stereocenters. The van der Waals surface area contributed by atoms with Crippen LogP contribution in [0.5, 0.6) is 0 Å². The molecule has 1 amide bonds. The summed E-state index contributed by atoms with van der Waals surface area (Å²) in [6.45, 7) is 6.77. The summed E-state index contributed by atoms with van der Waals surface area (Å²) < 4.78 is 47.8. The summed E-state index contributed by atoms with van der Waals surface area (Å²) in [6.07, 6.45) is -1.03. The predicted octanol–water partition coefficient (Wildman–Crippen LogP) is 4.82. The Labute approximate surface area is 217 Å². The van der Waals surface area contributed by atoms with Gasteiger partial charge in [0.2, 0.25) is 5.91 Å². The first-order valence-electron chi connectivity index (χ1n) is 12.9. The molecule has 1 saturated heterocycles. The number of halogens is 3. The standard InChI is InChI=1S/C28H37F3N4O2/c1-27(2)22-10-6-5-8-19(22)16-24(27)33-21-11-12-23(32-17-21)25(28(29,30)31)34(3)26(36)20-9-7-13-35(18-20)14-15-37-4/h5-6,8,10-12,17,20,24-25,33H,7,9,13-16,18H2,1-4H3/t20?,24?,25-/m0/s1. The second-order valence-electron chi connectivity index (χ2n) is 10.8. The van der Waals surface area contributed by atoms with Gasteiger partial charge in [-0.3, -0.25) is 9.78 Å². The lowest BCUT2D eigenvalue weighted by molar-refractivity contribution is -0.192. The molecule has 1 fully saturated rings. The molecule has 37 heavy (non-hydrogen) atoms. The van der Waals surface area contributed by atoms with E-state index in [0.29, 0.717) is 31.8 Å². The highest BCUT2D eigenvalue weighted by atomic mass is 19.4. The highest BCUT2D eigenvalue weighted by Crippen LogP contribution is 2.41. The SMILES string of the molecule is COCCN1CCCC(C(=O)N(C)[C@@H](c2ccc(NC3Cc4ccccc4C3(C)C)cn2)C(F)(F)F)C1. The second kappa shape index (κ2) is 11.0. The van der Waals surface area contributed by atoms with Crippen LogP contribution in [0.2, 0.25) is 0 Å². The van der Waals surface area contributed by atoms with Crippen LogP contribution < -0.4 is 5.32 Å². The number of rotatable bonds is 8. The fourth-order valence-electron chi connectivity index (χ4n) is 5.76. The Balaban J connectivity index is 1.47. The van der Waals surface area contributed by atoms with Crippen LogP contribution in [0.3, 0.4) is 0 Å². The van der Waals surface area contributed by atoms with E-state index in [0.717, 1.165) is 24.3 Å². The molecule has 2 aromatic rings. The maximum Gasteiger partial charge on any atom is 0.414 e. The summed E-state index contributed by atoms with van der Waals surface area (Å²) in [5, 5.41) is 3.47. The van der Waals surface area contributed by atoms with Crippen LogP contribution in [0.4, 0.5) is 18.9 Å². The molecule has 202 valence electrons. The number of carbonyl (C=O) groups is 1. The van der Waals surface area contributed by atoms with Gasteiger partial charge < -0.3 is 19.9 Å². The number of anilines is 1. The number of likely N-dealkylation sites (tertiary alicyclic amines) is 1. The summed E-state index contributed by atoms with van der Waals surface area (Å²) >= 11 is 0. The first kappa shape index (κ1) is 27.4. The largest absolute Gasteiger partial charge is 0.414 e. The number of benzene rings is 1. The Morgan fingerprint density at radius 2 is 2.03 bits per heavy atom. The zero-order valence-corrected chi connectivity index (χ0v) is 22.0. The van der Waals surface area contributed by atoms with E-state index in [2.05, 4.69) is 41.2 Å². The molecule has 4 rings (SSSR count). The van der Waals surface area contributed by atoms with E-state index >= 15 is 0 Å². The van der Waals surface area contributed by atoms with E-state index in [9.17, 15) is 18.0 Å². The molecule has 1 N–H and O–H groups in total. The highest BCUT2D eigenvalue weighted by Gasteiger charge is 2.47. The number of amides is 1. The maximum atomic E-state index is 14.2. The van der Waals surface area contributed by atoms with Crippen molar-refractivity contribution in [3.8, 4) is 0 Å². The van der Waals surface area contributed by atoms with E-state index in [1.165, 1.54) is 30.4 Å². The van der Waals surface area contributed by atoms with Crippen molar-refractivity contribution in [2.45, 2.75) is 56.8 Å². The minimum Gasteiger partial charge on any atom is -0.383 e. The van der Waals surface area contributed by atoms with Crippen LogP contribution in [0.1, 0.15) is 49.6 Å². The predicted molar refractivity (Wildman–Crippen MR) is 137 cm³/mol. The lowest BCUT2D eigenvalue weighted by atomic mass is 9.83. The normalized spacial score (nSPS) is 22.4. The van der Waals surface area contributed by atoms with Gasteiger partial charge in [0.15, 0.2) is 6.04 Å². The van der Waals surface area contributed by atoms with Crippen LogP contribution in [0.25, 0.3) is 0 Å². The van der Waals surface area contributed by atoms with Gasteiger partial charge in [-0.05, 0) is 49.1 Å². The smallest absolute Gasteiger partial charge is 0.383 e. The number of hydrogen-bond acceptors (Lipinski definition) is 5. The number of piperidine rings is 1. The molecular weight excluding hydrogens is 481 g/mol. The quantitative estimate of drug-likeness (QED) is 0.543. The lowest BCUT2D eigenvalue weighted by Crippen LogP contribution is -2.48. The molecule has 1 aliphatic heterocycles. The van der Waals surface area contributed by atoms with Crippen molar-refractivity contribution in [2.75, 3.05) is 45.7 Å². The van der Waals surface area contributed by atoms with Crippen LogP contribution in [0.15, 0.2) is 42.6 Å². The molecule has 1 aromatic heterocycles. The van der Waals surface area contributed by atoms with Gasteiger partial charge in [-0.2, -0.15) is 13.2 Å². The number of methoxy groups -OCH3 is 1. The molecule has 0 bridgehead atoms. The molecule has 0 saturated carbocycles. The summed E-state index contributed by atoms with van der Waals surface area (Å²) in [5.41, 5.74) is 2.89. The summed E-state index contributed by atoms with van der Waals surface area (Å²) in [5.74, 6) is -0.980. The number of nitrogens with zero attached hydrogens (tertiary/aromatic N) is 3. The number of pyridine rings is 1. The number of carbonyl (C=O) groups excluding carboxylic acids is 1. The molecule has 2 unspecified atom stereocenters. The summed E-state index contributed by atoms with van der Waals surface area (Å²) in [4.78, 5) is 20.3. The molecule has 6 nitrogen and oxygen atoms in total. The van der Waals surface area contributed by atoms with Gasteiger partial charge >= 0.3 is 6.18 Å². The zero-order chi connectivity index (χ0) is 26.8. The topological polar surface area (TPSA) is 57.7 Å². The average Bonchev–Trinajstić information content (AvgIpc) is 3.12. The molecule has 0 radical (unpaired) electrons. The Hall–Kier alpha value is -2.65. The van der Waals surface area contributed by atoms with Gasteiger partial charge in [0.05, 0.1) is 30.1 Å². The lowest BCUT2D eigenvalue weighted by Gasteiger charge is -2.36. The van der Waals surface area contributed by atoms with Gasteiger partial charge in [-0.1, -0.05) is 38.1 Å². The molecule has 9 heteroatoms. The number of nitrogens with one attached hydrogen (secondary N) is 1. The molecule has 2 aliphatic rings. The Kier molecular flexibility index (Phi) is 8.14. The van der Waals surface area contributed by atoms with Gasteiger partial charge in [0, 0.05) is 38.7 Å². The number of alkyl halides is 3. The number of hydrogen-bond donors (Lipinski definition) is 1. The van der Waals surface area contributed by atoms with Gasteiger partial charge in [0.25, 0.3) is 0 Å². The van der Waals surface area contributed by atoms with E-state index in [4.69, 9.17) is 4.74 Å². The monoisotopic (exact) mass is 518 g/mol. The fraction of sp³-hybridized carbons (Fsp3) is 0.571. The van der Waals surface area contributed by atoms with Gasteiger partial charge in [0.1, 0.15) is 0 Å². The van der Waals surface area contributed by atoms with Gasteiger partial charge in [-0.15, -0.1) is 0 Å². The third kappa shape index (κ3) is 5.93. The third-order valence-corrected chi connectivity index (χ3v) is 7.93. The zero-order valence-electron chi connectivity index (χ0n) is 22.0. The van der Waals surface area contributed by atoms with E-state index in [1.54, 1.807) is 13.2 Å². The van der Waals surface area contributed by atoms with Crippen molar-refractivity contribution >= 4 is 11.6 Å². The van der Waals surface area contributed by atoms with Crippen molar-refractivity contribution in [1.82, 2.24) is 14.8 Å². The minimum atomic E-state index is -4.65. The van der Waals surface area contributed by atoms with Crippen LogP contribution in [-0.4, -0.2) is 73.3 Å². The second-order valence-corrected chi connectivity index (χ2v) is 10.8. The van der Waals surface area contributed by atoms with E-state index in [1.807, 2.05) is 12.1 Å². The number of fused-ring (bicyclic) bond motifs is 1. The Morgan fingerprint density at radius 3 is 2.68 bits per heavy atom. The maximum absolute atomic E-state index is 14.2. The van der Waals surface area contributed by atoms with Crippen LogP contribution >= 0.6 is 0 Å². The Bertz CT molecular complexity index is 1070. The molecule has 1 aliphatic carbocycles. The number of ether oxygens (including phenoxy) is 1. The number of aromatic nitrogens is 1. The average molecular weight is 519 g/mol. The highest BCUT2D eigenvalue weighted by molar-refractivity contribution is 5.79. The van der Waals surface area contributed by atoms with E-state index < -0.39 is 24.0 Å². The molecule has 2 heterocycles. The fourth-order valence-corrected chi connectivity index (χ4v) is 5.76. The van der Waals surface area contributed by atoms with Gasteiger partial charge in [-0.25, -0.2) is 0 Å². The molecular formula is C28H37F3N4O2. The van der Waals surface area contributed by atoms with Crippen LogP contribution in [0, 0.1) is 5.92 Å². The van der Waals surface area contributed by atoms with Crippen molar-refractivity contribution in [2.24, 2.45) is 5.92 Å². The summed E-state index contributed by atoms with van der Waals surface area (Å²) in [6, 6.07) is 9.29. The van der Waals surface area contributed by atoms with Crippen molar-refractivity contribution < 1.29 is 22.7 Å². The van der Waals surface area contributed by atoms with Crippen LogP contribution in [-0.2, 0) is 21.4 Å². The minimum absolute atomic E-state index is 0.0903. The van der Waals surface area contributed by atoms with Crippen molar-refractivity contribution in [3.05, 3.63) is 59.4 Å². The van der Waals surface area contributed by atoms with E-state index in [-0.39, 0.29) is 17.2 Å². The Morgan fingerprint density at radius 1 is 1.27 bits per heavy atom. The first-order valence-corrected chi connectivity index (χ1v) is 12.9. The van der Waals surface area contributed by atoms with Crippen molar-refractivity contribution in [1.29, 1.82) is 0 Å².